The maximum Gasteiger partial charge on any atom is 0.410 e. The van der Waals surface area contributed by atoms with E-state index >= 15 is 0 Å². The van der Waals surface area contributed by atoms with Gasteiger partial charge in [0.1, 0.15) is 13.2 Å². The molecule has 0 atom stereocenters. The topological polar surface area (TPSA) is 66.8 Å². The number of carbonyl (C=O) groups is 2. The van der Waals surface area contributed by atoms with Gasteiger partial charge in [-0.25, -0.2) is 4.79 Å². The summed E-state index contributed by atoms with van der Waals surface area (Å²) in [4.78, 5) is 23.7. The number of nitrogens with zero attached hydrogens (tertiary/aromatic N) is 1. The van der Waals surface area contributed by atoms with Crippen molar-refractivity contribution in [1.82, 2.24) is 4.90 Å². The Kier molecular flexibility index (Phi) is 6.43. The predicted molar refractivity (Wildman–Crippen MR) is 70.7 cm³/mol. The summed E-state index contributed by atoms with van der Waals surface area (Å²) in [6, 6.07) is 9.29. The summed E-state index contributed by atoms with van der Waals surface area (Å²) in [7, 11) is 0. The molecule has 1 amide bonds. The monoisotopic (exact) mass is 265 g/mol. The van der Waals surface area contributed by atoms with Gasteiger partial charge in [0, 0.05) is 6.54 Å². The summed E-state index contributed by atoms with van der Waals surface area (Å²) >= 11 is 0. The highest BCUT2D eigenvalue weighted by molar-refractivity contribution is 5.76. The third-order valence-electron chi connectivity index (χ3n) is 2.57. The third kappa shape index (κ3) is 5.90. The average Bonchev–Trinajstić information content (AvgIpc) is 2.41. The molecule has 1 N–H and O–H groups in total. The number of benzene rings is 1. The lowest BCUT2D eigenvalue weighted by Gasteiger charge is -2.19. The molecule has 0 radical (unpaired) electrons. The van der Waals surface area contributed by atoms with Gasteiger partial charge in [-0.3, -0.25) is 9.69 Å². The molecule has 19 heavy (non-hydrogen) atoms. The summed E-state index contributed by atoms with van der Waals surface area (Å²) < 4.78 is 5.11. The summed E-state index contributed by atoms with van der Waals surface area (Å²) in [5.74, 6) is -1.03. The lowest BCUT2D eigenvalue weighted by molar-refractivity contribution is -0.138. The fourth-order valence-electron chi connectivity index (χ4n) is 1.56. The van der Waals surface area contributed by atoms with Crippen LogP contribution in [0.25, 0.3) is 0 Å². The van der Waals surface area contributed by atoms with E-state index in [2.05, 4.69) is 0 Å². The third-order valence-corrected chi connectivity index (χ3v) is 2.57. The number of hydrogen-bond donors (Lipinski definition) is 1. The highest BCUT2D eigenvalue weighted by Crippen LogP contribution is 2.04. The highest BCUT2D eigenvalue weighted by atomic mass is 16.6. The Hall–Kier alpha value is -2.04. The van der Waals surface area contributed by atoms with Crippen molar-refractivity contribution in [3.8, 4) is 0 Å². The first-order chi connectivity index (χ1) is 9.13. The van der Waals surface area contributed by atoms with Crippen LogP contribution in [0.4, 0.5) is 4.79 Å². The van der Waals surface area contributed by atoms with Crippen LogP contribution in [0.5, 0.6) is 0 Å². The van der Waals surface area contributed by atoms with Crippen molar-refractivity contribution in [2.24, 2.45) is 0 Å². The van der Waals surface area contributed by atoms with Gasteiger partial charge in [-0.05, 0) is 12.0 Å². The Labute approximate surface area is 112 Å². The molecule has 0 saturated carbocycles. The molecule has 0 saturated heterocycles. The first kappa shape index (κ1) is 15.0. The smallest absolute Gasteiger partial charge is 0.410 e. The van der Waals surface area contributed by atoms with Crippen molar-refractivity contribution in [3.63, 3.8) is 0 Å². The molecule has 1 aromatic carbocycles. The number of aliphatic carboxylic acids is 1. The van der Waals surface area contributed by atoms with Crippen LogP contribution in [0.15, 0.2) is 30.3 Å². The zero-order chi connectivity index (χ0) is 14.1. The molecule has 104 valence electrons. The molecule has 0 aromatic heterocycles. The van der Waals surface area contributed by atoms with E-state index in [0.29, 0.717) is 6.54 Å². The zero-order valence-corrected chi connectivity index (χ0v) is 11.0. The number of hydrogen-bond acceptors (Lipinski definition) is 3. The minimum atomic E-state index is -1.03. The van der Waals surface area contributed by atoms with Gasteiger partial charge >= 0.3 is 12.1 Å². The summed E-state index contributed by atoms with van der Waals surface area (Å²) in [5, 5.41) is 8.77. The Morgan fingerprint density at radius 3 is 2.53 bits per heavy atom. The van der Waals surface area contributed by atoms with Crippen molar-refractivity contribution >= 4 is 12.1 Å². The molecule has 1 rings (SSSR count). The fraction of sp³-hybridized carbons (Fsp3) is 0.429. The van der Waals surface area contributed by atoms with Gasteiger partial charge in [-0.1, -0.05) is 43.7 Å². The minimum Gasteiger partial charge on any atom is -0.480 e. The molecule has 0 aliphatic rings. The van der Waals surface area contributed by atoms with Gasteiger partial charge in [-0.15, -0.1) is 0 Å². The quantitative estimate of drug-likeness (QED) is 0.822. The second kappa shape index (κ2) is 8.13. The molecule has 5 heteroatoms. The molecule has 0 spiro atoms. The molecule has 5 nitrogen and oxygen atoms in total. The first-order valence-corrected chi connectivity index (χ1v) is 6.31. The Morgan fingerprint density at radius 2 is 1.95 bits per heavy atom. The van der Waals surface area contributed by atoms with Crippen LogP contribution in [-0.2, 0) is 16.1 Å². The standard InChI is InChI=1S/C14H19NO4/c1-2-3-9-15(10-13(16)17)14(18)19-11-12-7-5-4-6-8-12/h4-8H,2-3,9-11H2,1H3,(H,16,17). The zero-order valence-electron chi connectivity index (χ0n) is 11.0. The van der Waals surface area contributed by atoms with Crippen molar-refractivity contribution in [1.29, 1.82) is 0 Å². The lowest BCUT2D eigenvalue weighted by Crippen LogP contribution is -2.36. The van der Waals surface area contributed by atoms with E-state index in [1.165, 1.54) is 4.90 Å². The molecule has 0 bridgehead atoms. The van der Waals surface area contributed by atoms with Crippen LogP contribution in [-0.4, -0.2) is 35.2 Å². The molecular formula is C14H19NO4. The lowest BCUT2D eigenvalue weighted by atomic mass is 10.2. The molecule has 0 aliphatic heterocycles. The van der Waals surface area contributed by atoms with E-state index in [0.717, 1.165) is 18.4 Å². The van der Waals surface area contributed by atoms with Gasteiger partial charge in [0.05, 0.1) is 0 Å². The second-order valence-electron chi connectivity index (χ2n) is 4.21. The SMILES string of the molecule is CCCCN(CC(=O)O)C(=O)OCc1ccccc1. The molecular weight excluding hydrogens is 246 g/mol. The van der Waals surface area contributed by atoms with Gasteiger partial charge in [0.15, 0.2) is 0 Å². The van der Waals surface area contributed by atoms with Crippen LogP contribution in [0.1, 0.15) is 25.3 Å². The van der Waals surface area contributed by atoms with Gasteiger partial charge in [0.25, 0.3) is 0 Å². The number of rotatable bonds is 7. The Morgan fingerprint density at radius 1 is 1.26 bits per heavy atom. The highest BCUT2D eigenvalue weighted by Gasteiger charge is 2.17. The fourth-order valence-corrected chi connectivity index (χ4v) is 1.56. The maximum absolute atomic E-state index is 11.8. The van der Waals surface area contributed by atoms with Crippen molar-refractivity contribution in [3.05, 3.63) is 35.9 Å². The van der Waals surface area contributed by atoms with Crippen LogP contribution in [0.3, 0.4) is 0 Å². The van der Waals surface area contributed by atoms with E-state index in [1.807, 2.05) is 37.3 Å². The number of ether oxygens (including phenoxy) is 1. The molecule has 1 aromatic rings. The second-order valence-corrected chi connectivity index (χ2v) is 4.21. The number of unbranched alkanes of at least 4 members (excludes halogenated alkanes) is 1. The predicted octanol–water partition coefficient (Wildman–Crippen LogP) is 2.51. The molecule has 0 unspecified atom stereocenters. The number of amides is 1. The van der Waals surface area contributed by atoms with Gasteiger partial charge in [0.2, 0.25) is 0 Å². The number of carbonyl (C=O) groups excluding carboxylic acids is 1. The van der Waals surface area contributed by atoms with E-state index in [-0.39, 0.29) is 13.2 Å². The van der Waals surface area contributed by atoms with Gasteiger partial charge in [-0.2, -0.15) is 0 Å². The van der Waals surface area contributed by atoms with E-state index < -0.39 is 12.1 Å². The molecule has 0 aliphatic carbocycles. The Balaban J connectivity index is 2.48. The van der Waals surface area contributed by atoms with Crippen LogP contribution in [0, 0.1) is 0 Å². The van der Waals surface area contributed by atoms with Crippen molar-refractivity contribution in [2.75, 3.05) is 13.1 Å². The summed E-state index contributed by atoms with van der Waals surface area (Å²) in [6.45, 7) is 2.21. The van der Waals surface area contributed by atoms with Crippen LogP contribution >= 0.6 is 0 Å². The normalized spacial score (nSPS) is 9.95. The minimum absolute atomic E-state index is 0.155. The molecule has 0 fully saturated rings. The van der Waals surface area contributed by atoms with E-state index in [9.17, 15) is 9.59 Å². The van der Waals surface area contributed by atoms with Crippen molar-refractivity contribution < 1.29 is 19.4 Å². The first-order valence-electron chi connectivity index (χ1n) is 6.31. The summed E-state index contributed by atoms with van der Waals surface area (Å²) in [5.41, 5.74) is 0.876. The summed E-state index contributed by atoms with van der Waals surface area (Å²) in [6.07, 6.45) is 1.07. The largest absolute Gasteiger partial charge is 0.480 e. The maximum atomic E-state index is 11.8. The number of carboxylic acid groups (broad SMARTS) is 1. The van der Waals surface area contributed by atoms with Crippen molar-refractivity contribution in [2.45, 2.75) is 26.4 Å². The Bertz CT molecular complexity index is 405. The van der Waals surface area contributed by atoms with E-state index in [4.69, 9.17) is 9.84 Å². The van der Waals surface area contributed by atoms with Gasteiger partial charge < -0.3 is 9.84 Å². The van der Waals surface area contributed by atoms with Crippen LogP contribution in [0.2, 0.25) is 0 Å². The van der Waals surface area contributed by atoms with Crippen LogP contribution < -0.4 is 0 Å². The van der Waals surface area contributed by atoms with E-state index in [1.54, 1.807) is 0 Å². The number of carboxylic acids is 1. The average molecular weight is 265 g/mol. The molecule has 0 heterocycles.